The molecule has 0 saturated carbocycles. The molecule has 0 aliphatic heterocycles. The SMILES string of the molecule is O=C(Nc1cc(F)cc(F)c1)c1ccn[nH]1. The van der Waals surface area contributed by atoms with Gasteiger partial charge in [0.2, 0.25) is 0 Å². The summed E-state index contributed by atoms with van der Waals surface area (Å²) in [6.07, 6.45) is 1.40. The molecule has 0 saturated heterocycles. The van der Waals surface area contributed by atoms with E-state index in [1.165, 1.54) is 12.3 Å². The van der Waals surface area contributed by atoms with Crippen molar-refractivity contribution in [2.45, 2.75) is 0 Å². The van der Waals surface area contributed by atoms with E-state index in [9.17, 15) is 13.6 Å². The second-order valence-electron chi connectivity index (χ2n) is 3.08. The highest BCUT2D eigenvalue weighted by molar-refractivity contribution is 6.02. The molecule has 1 amide bonds. The number of amides is 1. The van der Waals surface area contributed by atoms with Crippen LogP contribution in [0.4, 0.5) is 14.5 Å². The fourth-order valence-corrected chi connectivity index (χ4v) is 1.21. The van der Waals surface area contributed by atoms with Crippen molar-refractivity contribution in [3.05, 3.63) is 47.8 Å². The number of aromatic amines is 1. The first-order chi connectivity index (χ1) is 7.65. The maximum atomic E-state index is 12.8. The van der Waals surface area contributed by atoms with Crippen molar-refractivity contribution in [3.63, 3.8) is 0 Å². The van der Waals surface area contributed by atoms with Gasteiger partial charge in [0.05, 0.1) is 0 Å². The third-order valence-electron chi connectivity index (χ3n) is 1.87. The summed E-state index contributed by atoms with van der Waals surface area (Å²) in [5, 5.41) is 8.36. The van der Waals surface area contributed by atoms with Crippen LogP contribution in [0.5, 0.6) is 0 Å². The highest BCUT2D eigenvalue weighted by atomic mass is 19.1. The molecule has 1 aromatic carbocycles. The fraction of sp³-hybridized carbons (Fsp3) is 0. The number of anilines is 1. The van der Waals surface area contributed by atoms with E-state index in [1.54, 1.807) is 0 Å². The van der Waals surface area contributed by atoms with Gasteiger partial charge >= 0.3 is 0 Å². The lowest BCUT2D eigenvalue weighted by Gasteiger charge is -2.03. The zero-order valence-electron chi connectivity index (χ0n) is 8.00. The van der Waals surface area contributed by atoms with Gasteiger partial charge in [-0.15, -0.1) is 0 Å². The number of aromatic nitrogens is 2. The van der Waals surface area contributed by atoms with Crippen molar-refractivity contribution in [3.8, 4) is 0 Å². The lowest BCUT2D eigenvalue weighted by atomic mass is 10.3. The van der Waals surface area contributed by atoms with Crippen LogP contribution in [0.3, 0.4) is 0 Å². The molecular formula is C10H7F2N3O. The van der Waals surface area contributed by atoms with Crippen molar-refractivity contribution in [1.82, 2.24) is 10.2 Å². The minimum absolute atomic E-state index is 0.0529. The number of halogens is 2. The van der Waals surface area contributed by atoms with Crippen molar-refractivity contribution in [2.24, 2.45) is 0 Å². The van der Waals surface area contributed by atoms with E-state index >= 15 is 0 Å². The first kappa shape index (κ1) is 10.3. The van der Waals surface area contributed by atoms with Crippen LogP contribution in [0.2, 0.25) is 0 Å². The number of nitrogens with zero attached hydrogens (tertiary/aromatic N) is 1. The van der Waals surface area contributed by atoms with Crippen molar-refractivity contribution >= 4 is 11.6 Å². The Morgan fingerprint density at radius 3 is 2.50 bits per heavy atom. The van der Waals surface area contributed by atoms with Gasteiger partial charge in [-0.1, -0.05) is 0 Å². The van der Waals surface area contributed by atoms with Gasteiger partial charge in [-0.25, -0.2) is 8.78 Å². The molecule has 0 spiro atoms. The Labute approximate surface area is 89.3 Å². The molecule has 0 bridgehead atoms. The Morgan fingerprint density at radius 1 is 1.25 bits per heavy atom. The monoisotopic (exact) mass is 223 g/mol. The summed E-state index contributed by atoms with van der Waals surface area (Å²) < 4.78 is 25.6. The van der Waals surface area contributed by atoms with Gasteiger partial charge in [-0.2, -0.15) is 5.10 Å². The minimum Gasteiger partial charge on any atom is -0.320 e. The summed E-state index contributed by atoms with van der Waals surface area (Å²) in [5.74, 6) is -2.01. The van der Waals surface area contributed by atoms with Crippen LogP contribution in [0.25, 0.3) is 0 Å². The largest absolute Gasteiger partial charge is 0.320 e. The molecule has 0 aliphatic carbocycles. The molecule has 0 aliphatic rings. The van der Waals surface area contributed by atoms with Gasteiger partial charge < -0.3 is 5.32 Å². The first-order valence-electron chi connectivity index (χ1n) is 4.42. The van der Waals surface area contributed by atoms with Crippen LogP contribution in [0, 0.1) is 11.6 Å². The quantitative estimate of drug-likeness (QED) is 0.817. The predicted octanol–water partition coefficient (Wildman–Crippen LogP) is 1.94. The standard InChI is InChI=1S/C10H7F2N3O/c11-6-3-7(12)5-8(4-6)14-10(16)9-1-2-13-15-9/h1-5H,(H,13,15)(H,14,16). The molecule has 0 radical (unpaired) electrons. The van der Waals surface area contributed by atoms with Gasteiger partial charge in [-0.3, -0.25) is 9.89 Å². The van der Waals surface area contributed by atoms with E-state index < -0.39 is 17.5 Å². The molecule has 2 N–H and O–H groups in total. The molecule has 82 valence electrons. The van der Waals surface area contributed by atoms with Gasteiger partial charge in [0.15, 0.2) is 0 Å². The highest BCUT2D eigenvalue weighted by Gasteiger charge is 2.08. The van der Waals surface area contributed by atoms with Crippen molar-refractivity contribution in [2.75, 3.05) is 5.32 Å². The van der Waals surface area contributed by atoms with E-state index in [-0.39, 0.29) is 11.4 Å². The minimum atomic E-state index is -0.750. The zero-order chi connectivity index (χ0) is 11.5. The predicted molar refractivity (Wildman–Crippen MR) is 52.9 cm³/mol. The molecule has 0 fully saturated rings. The Morgan fingerprint density at radius 2 is 1.94 bits per heavy atom. The Balaban J connectivity index is 2.18. The lowest BCUT2D eigenvalue weighted by Crippen LogP contribution is -2.12. The summed E-state index contributed by atoms with van der Waals surface area (Å²) in [6, 6.07) is 4.23. The molecule has 2 aromatic rings. The summed E-state index contributed by atoms with van der Waals surface area (Å²) in [4.78, 5) is 11.5. The molecule has 16 heavy (non-hydrogen) atoms. The van der Waals surface area contributed by atoms with E-state index in [0.717, 1.165) is 18.2 Å². The molecule has 1 aromatic heterocycles. The van der Waals surface area contributed by atoms with Gasteiger partial charge in [0.1, 0.15) is 17.3 Å². The summed E-state index contributed by atoms with van der Waals surface area (Å²) in [7, 11) is 0. The van der Waals surface area contributed by atoms with Gasteiger partial charge in [-0.05, 0) is 18.2 Å². The Bertz CT molecular complexity index is 491. The molecule has 0 atom stereocenters. The smallest absolute Gasteiger partial charge is 0.273 e. The van der Waals surface area contributed by atoms with Crippen LogP contribution in [-0.4, -0.2) is 16.1 Å². The second kappa shape index (κ2) is 4.09. The lowest BCUT2D eigenvalue weighted by molar-refractivity contribution is 0.102. The number of rotatable bonds is 2. The first-order valence-corrected chi connectivity index (χ1v) is 4.42. The van der Waals surface area contributed by atoms with E-state index in [2.05, 4.69) is 15.5 Å². The van der Waals surface area contributed by atoms with Gasteiger partial charge in [0, 0.05) is 18.0 Å². The van der Waals surface area contributed by atoms with Crippen LogP contribution < -0.4 is 5.32 Å². The van der Waals surface area contributed by atoms with Crippen molar-refractivity contribution in [1.29, 1.82) is 0 Å². The Kier molecular flexibility index (Phi) is 2.63. The Hall–Kier alpha value is -2.24. The number of carbonyl (C=O) groups is 1. The average Bonchev–Trinajstić information content (AvgIpc) is 2.68. The number of nitrogens with one attached hydrogen (secondary N) is 2. The van der Waals surface area contributed by atoms with Gasteiger partial charge in [0.25, 0.3) is 5.91 Å². The fourth-order valence-electron chi connectivity index (χ4n) is 1.21. The third-order valence-corrected chi connectivity index (χ3v) is 1.87. The molecule has 1 heterocycles. The van der Waals surface area contributed by atoms with Crippen LogP contribution in [0.15, 0.2) is 30.5 Å². The normalized spacial score (nSPS) is 10.1. The van der Waals surface area contributed by atoms with Crippen LogP contribution >= 0.6 is 0 Å². The highest BCUT2D eigenvalue weighted by Crippen LogP contribution is 2.13. The average molecular weight is 223 g/mol. The maximum absolute atomic E-state index is 12.8. The molecule has 6 heteroatoms. The molecule has 0 unspecified atom stereocenters. The second-order valence-corrected chi connectivity index (χ2v) is 3.08. The number of hydrogen-bond donors (Lipinski definition) is 2. The molecular weight excluding hydrogens is 216 g/mol. The van der Waals surface area contributed by atoms with E-state index in [4.69, 9.17) is 0 Å². The van der Waals surface area contributed by atoms with Crippen LogP contribution in [-0.2, 0) is 0 Å². The maximum Gasteiger partial charge on any atom is 0.273 e. The topological polar surface area (TPSA) is 57.8 Å². The number of benzene rings is 1. The molecule has 2 rings (SSSR count). The zero-order valence-corrected chi connectivity index (χ0v) is 8.00. The van der Waals surface area contributed by atoms with E-state index in [1.807, 2.05) is 0 Å². The summed E-state index contributed by atoms with van der Waals surface area (Å²) >= 11 is 0. The summed E-state index contributed by atoms with van der Waals surface area (Å²) in [5.41, 5.74) is 0.266. The molecule has 4 nitrogen and oxygen atoms in total. The number of H-pyrrole nitrogens is 1. The number of hydrogen-bond acceptors (Lipinski definition) is 2. The summed E-state index contributed by atoms with van der Waals surface area (Å²) in [6.45, 7) is 0. The van der Waals surface area contributed by atoms with Crippen molar-refractivity contribution < 1.29 is 13.6 Å². The van der Waals surface area contributed by atoms with E-state index in [0.29, 0.717) is 0 Å². The number of carbonyl (C=O) groups excluding carboxylic acids is 1. The third kappa shape index (κ3) is 2.22. The van der Waals surface area contributed by atoms with Crippen LogP contribution in [0.1, 0.15) is 10.5 Å².